The zero-order valence-corrected chi connectivity index (χ0v) is 25.0. The molecule has 2 saturated heterocycles. The van der Waals surface area contributed by atoms with E-state index in [1.54, 1.807) is 6.07 Å². The molecule has 0 bridgehead atoms. The fourth-order valence-electron chi connectivity index (χ4n) is 7.54. The van der Waals surface area contributed by atoms with Crippen LogP contribution in [0, 0.1) is 17.2 Å². The highest BCUT2D eigenvalue weighted by Gasteiger charge is 2.48. The number of rotatable bonds is 7. The SMILES string of the molecule is CCOc1ccccc1-c1ccc2c(n1)CN(CC1CCCN1)CC21CCN(c2ccc(Cl)cc2C#N)CC1CC. The molecule has 2 fully saturated rings. The molecule has 2 aromatic carbocycles. The number of nitrogens with zero attached hydrogens (tertiary/aromatic N) is 4. The van der Waals surface area contributed by atoms with Crippen LogP contribution in [0.1, 0.15) is 56.4 Å². The van der Waals surface area contributed by atoms with Crippen molar-refractivity contribution >= 4 is 17.3 Å². The second kappa shape index (κ2) is 12.0. The summed E-state index contributed by atoms with van der Waals surface area (Å²) < 4.78 is 5.97. The molecule has 1 aromatic heterocycles. The molecule has 0 amide bonds. The Labute approximate surface area is 249 Å². The molecule has 4 heterocycles. The van der Waals surface area contributed by atoms with Gasteiger partial charge in [0.2, 0.25) is 0 Å². The van der Waals surface area contributed by atoms with E-state index >= 15 is 0 Å². The van der Waals surface area contributed by atoms with Crippen molar-refractivity contribution in [3.8, 4) is 23.1 Å². The third-order valence-electron chi connectivity index (χ3n) is 9.46. The Morgan fingerprint density at radius 1 is 1.17 bits per heavy atom. The topological polar surface area (TPSA) is 64.4 Å². The predicted octanol–water partition coefficient (Wildman–Crippen LogP) is 6.41. The van der Waals surface area contributed by atoms with Crippen LogP contribution in [0.3, 0.4) is 0 Å². The maximum absolute atomic E-state index is 9.85. The normalized spacial score (nSPS) is 24.3. The van der Waals surface area contributed by atoms with Crippen LogP contribution in [0.15, 0.2) is 54.6 Å². The zero-order valence-electron chi connectivity index (χ0n) is 24.2. The number of nitriles is 1. The number of para-hydroxylation sites is 1. The van der Waals surface area contributed by atoms with Crippen molar-refractivity contribution < 1.29 is 4.74 Å². The first kappa shape index (κ1) is 28.0. The average molecular weight is 570 g/mol. The number of hydrogen-bond donors (Lipinski definition) is 1. The minimum Gasteiger partial charge on any atom is -0.493 e. The molecule has 0 saturated carbocycles. The fraction of sp³-hybridized carbons (Fsp3) is 0.471. The van der Waals surface area contributed by atoms with Crippen LogP contribution in [0.2, 0.25) is 5.02 Å². The maximum atomic E-state index is 9.85. The summed E-state index contributed by atoms with van der Waals surface area (Å²) >= 11 is 6.24. The molecule has 3 aliphatic rings. The van der Waals surface area contributed by atoms with Crippen LogP contribution in [0.25, 0.3) is 11.3 Å². The summed E-state index contributed by atoms with van der Waals surface area (Å²) in [6.07, 6.45) is 4.59. The van der Waals surface area contributed by atoms with E-state index in [0.29, 0.717) is 29.2 Å². The summed E-state index contributed by atoms with van der Waals surface area (Å²) in [5.41, 5.74) is 6.31. The van der Waals surface area contributed by atoms with Gasteiger partial charge in [-0.2, -0.15) is 5.26 Å². The van der Waals surface area contributed by atoms with Crippen LogP contribution in [0.4, 0.5) is 5.69 Å². The third kappa shape index (κ3) is 5.44. The third-order valence-corrected chi connectivity index (χ3v) is 9.69. The van der Waals surface area contributed by atoms with Gasteiger partial charge in [0.25, 0.3) is 0 Å². The number of ether oxygens (including phenoxy) is 1. The van der Waals surface area contributed by atoms with Gasteiger partial charge >= 0.3 is 0 Å². The highest BCUT2D eigenvalue weighted by Crippen LogP contribution is 2.48. The molecule has 7 heteroatoms. The van der Waals surface area contributed by atoms with Gasteiger partial charge in [-0.15, -0.1) is 0 Å². The van der Waals surface area contributed by atoms with Crippen LogP contribution >= 0.6 is 11.6 Å². The Morgan fingerprint density at radius 3 is 2.83 bits per heavy atom. The number of aromatic nitrogens is 1. The quantitative estimate of drug-likeness (QED) is 0.354. The van der Waals surface area contributed by atoms with E-state index in [1.807, 2.05) is 31.2 Å². The van der Waals surface area contributed by atoms with E-state index in [1.165, 1.54) is 24.1 Å². The Bertz CT molecular complexity index is 1430. The second-order valence-electron chi connectivity index (χ2n) is 11.8. The molecule has 0 aliphatic carbocycles. The highest BCUT2D eigenvalue weighted by molar-refractivity contribution is 6.30. The lowest BCUT2D eigenvalue weighted by Gasteiger charge is -2.53. The molecule has 3 aromatic rings. The number of piperidine rings is 1. The van der Waals surface area contributed by atoms with Gasteiger partial charge < -0.3 is 15.0 Å². The lowest BCUT2D eigenvalue weighted by Crippen LogP contribution is -2.58. The number of nitrogens with one attached hydrogen (secondary N) is 1. The van der Waals surface area contributed by atoms with Crippen molar-refractivity contribution in [1.82, 2.24) is 15.2 Å². The van der Waals surface area contributed by atoms with E-state index in [-0.39, 0.29) is 5.41 Å². The van der Waals surface area contributed by atoms with Crippen molar-refractivity contribution in [2.75, 3.05) is 44.2 Å². The van der Waals surface area contributed by atoms with Gasteiger partial charge in [-0.3, -0.25) is 9.88 Å². The second-order valence-corrected chi connectivity index (χ2v) is 12.2. The molecular formula is C34H40ClN5O. The molecule has 6 nitrogen and oxygen atoms in total. The minimum atomic E-state index is 0.0155. The lowest BCUT2D eigenvalue weighted by molar-refractivity contribution is 0.0968. The van der Waals surface area contributed by atoms with Crippen LogP contribution in [-0.4, -0.2) is 55.3 Å². The van der Waals surface area contributed by atoms with Gasteiger partial charge in [-0.25, -0.2) is 0 Å². The monoisotopic (exact) mass is 569 g/mol. The summed E-state index contributed by atoms with van der Waals surface area (Å²) in [6, 6.07) is 21.4. The maximum Gasteiger partial charge on any atom is 0.128 e. The van der Waals surface area contributed by atoms with Crippen molar-refractivity contribution in [2.24, 2.45) is 5.92 Å². The van der Waals surface area contributed by atoms with Gasteiger partial charge in [-0.1, -0.05) is 43.1 Å². The summed E-state index contributed by atoms with van der Waals surface area (Å²) in [6.45, 7) is 10.9. The van der Waals surface area contributed by atoms with Crippen molar-refractivity contribution in [3.05, 3.63) is 76.4 Å². The van der Waals surface area contributed by atoms with Gasteiger partial charge in [0.1, 0.15) is 11.8 Å². The van der Waals surface area contributed by atoms with Crippen molar-refractivity contribution in [1.29, 1.82) is 5.26 Å². The van der Waals surface area contributed by atoms with Crippen LogP contribution in [-0.2, 0) is 12.0 Å². The molecule has 1 N–H and O–H groups in total. The molecule has 3 unspecified atom stereocenters. The Morgan fingerprint density at radius 2 is 2.05 bits per heavy atom. The molecule has 1 spiro atoms. The lowest BCUT2D eigenvalue weighted by atomic mass is 9.62. The van der Waals surface area contributed by atoms with Gasteiger partial charge in [-0.05, 0) is 80.6 Å². The molecule has 6 rings (SSSR count). The average Bonchev–Trinajstić information content (AvgIpc) is 3.50. The molecular weight excluding hydrogens is 530 g/mol. The molecule has 214 valence electrons. The van der Waals surface area contributed by atoms with E-state index < -0.39 is 0 Å². The first-order valence-corrected chi connectivity index (χ1v) is 15.6. The standard InChI is InChI=1S/C34H40ClN5O/c1-3-25-20-40(32-14-11-26(35)18-24(32)19-36)17-15-34(25)23-39(21-27-8-7-16-37-27)22-31-29(34)12-13-30(38-31)28-9-5-6-10-33(28)41-4-2/h5-6,9-14,18,25,27,37H,3-4,7-8,15-17,20-23H2,1-2H3. The molecule has 41 heavy (non-hydrogen) atoms. The Hall–Kier alpha value is -3.11. The number of halogens is 1. The Kier molecular flexibility index (Phi) is 8.21. The van der Waals surface area contributed by atoms with Gasteiger partial charge in [0, 0.05) is 54.8 Å². The number of benzene rings is 2. The fourth-order valence-corrected chi connectivity index (χ4v) is 7.71. The summed E-state index contributed by atoms with van der Waals surface area (Å²) in [5.74, 6) is 1.32. The van der Waals surface area contributed by atoms with Crippen LogP contribution < -0.4 is 15.0 Å². The minimum absolute atomic E-state index is 0.0155. The largest absolute Gasteiger partial charge is 0.493 e. The van der Waals surface area contributed by atoms with E-state index in [9.17, 15) is 5.26 Å². The highest BCUT2D eigenvalue weighted by atomic mass is 35.5. The van der Waals surface area contributed by atoms with E-state index in [4.69, 9.17) is 21.3 Å². The zero-order chi connectivity index (χ0) is 28.4. The first-order chi connectivity index (χ1) is 20.0. The first-order valence-electron chi connectivity index (χ1n) is 15.2. The van der Waals surface area contributed by atoms with E-state index in [0.717, 1.165) is 74.8 Å². The number of pyridine rings is 1. The summed E-state index contributed by atoms with van der Waals surface area (Å²) in [5, 5.41) is 14.2. The smallest absolute Gasteiger partial charge is 0.128 e. The van der Waals surface area contributed by atoms with Crippen molar-refractivity contribution in [2.45, 2.75) is 57.5 Å². The van der Waals surface area contributed by atoms with Crippen molar-refractivity contribution in [3.63, 3.8) is 0 Å². The molecule has 0 radical (unpaired) electrons. The predicted molar refractivity (Wildman–Crippen MR) is 166 cm³/mol. The molecule has 3 atom stereocenters. The van der Waals surface area contributed by atoms with Gasteiger partial charge in [0.15, 0.2) is 0 Å². The van der Waals surface area contributed by atoms with E-state index in [2.05, 4.69) is 52.4 Å². The summed E-state index contributed by atoms with van der Waals surface area (Å²) in [4.78, 5) is 10.4. The number of hydrogen-bond acceptors (Lipinski definition) is 6. The number of fused-ring (bicyclic) bond motifs is 2. The van der Waals surface area contributed by atoms with Crippen LogP contribution in [0.5, 0.6) is 5.75 Å². The molecule has 3 aliphatic heterocycles. The summed E-state index contributed by atoms with van der Waals surface area (Å²) in [7, 11) is 0. The Balaban J connectivity index is 1.38. The van der Waals surface area contributed by atoms with Gasteiger partial charge in [0.05, 0.1) is 29.2 Å². The number of anilines is 1.